The molecule has 0 radical (unpaired) electrons. The van der Waals surface area contributed by atoms with Gasteiger partial charge in [-0.3, -0.25) is 4.79 Å². The second-order valence-electron chi connectivity index (χ2n) is 9.00. The summed E-state index contributed by atoms with van der Waals surface area (Å²) in [5, 5.41) is 9.53. The standard InChI is InChI=1S/C26H34N2O4S/c1-18-9-10-19(2)23(12-18)26(30)27-14-24(31-3)25(15-27)32-22-8-4-6-20(13-22)17-33-28-11-5-7-21(28)16-29/h4,6,8-10,12-13,21,24-25,29H,5,7,11,14-17H2,1-3H3. The van der Waals surface area contributed by atoms with E-state index in [0.29, 0.717) is 13.1 Å². The maximum absolute atomic E-state index is 13.2. The van der Waals surface area contributed by atoms with Gasteiger partial charge in [0.05, 0.1) is 19.7 Å². The van der Waals surface area contributed by atoms with Gasteiger partial charge in [-0.05, 0) is 56.0 Å². The van der Waals surface area contributed by atoms with Gasteiger partial charge in [-0.2, -0.15) is 0 Å². The first-order chi connectivity index (χ1) is 16.0. The lowest BCUT2D eigenvalue weighted by atomic mass is 10.0. The van der Waals surface area contributed by atoms with Gasteiger partial charge in [0.15, 0.2) is 0 Å². The molecule has 0 saturated carbocycles. The summed E-state index contributed by atoms with van der Waals surface area (Å²) in [6.07, 6.45) is 1.80. The van der Waals surface area contributed by atoms with Crippen LogP contribution in [0, 0.1) is 13.8 Å². The predicted molar refractivity (Wildman–Crippen MR) is 132 cm³/mol. The van der Waals surface area contributed by atoms with Crippen molar-refractivity contribution in [3.8, 4) is 5.75 Å². The third kappa shape index (κ3) is 5.72. The summed E-state index contributed by atoms with van der Waals surface area (Å²) in [5.74, 6) is 1.66. The van der Waals surface area contributed by atoms with E-state index in [4.69, 9.17) is 9.47 Å². The van der Waals surface area contributed by atoms with Gasteiger partial charge >= 0.3 is 0 Å². The minimum Gasteiger partial charge on any atom is -0.486 e. The molecule has 2 fully saturated rings. The number of aryl methyl sites for hydroxylation is 2. The quantitative estimate of drug-likeness (QED) is 0.592. The summed E-state index contributed by atoms with van der Waals surface area (Å²) in [6, 6.07) is 14.4. The second kappa shape index (κ2) is 10.9. The second-order valence-corrected chi connectivity index (χ2v) is 10.0. The Morgan fingerprint density at radius 2 is 1.97 bits per heavy atom. The van der Waals surface area contributed by atoms with Crippen LogP contribution in [-0.4, -0.2) is 71.8 Å². The van der Waals surface area contributed by atoms with Gasteiger partial charge in [0.25, 0.3) is 5.91 Å². The topological polar surface area (TPSA) is 62.2 Å². The number of carbonyl (C=O) groups excluding carboxylic acids is 1. The van der Waals surface area contributed by atoms with E-state index in [9.17, 15) is 9.90 Å². The van der Waals surface area contributed by atoms with E-state index in [1.165, 1.54) is 5.56 Å². The summed E-state index contributed by atoms with van der Waals surface area (Å²) in [4.78, 5) is 15.0. The molecule has 0 bridgehead atoms. The molecule has 178 valence electrons. The monoisotopic (exact) mass is 470 g/mol. The van der Waals surface area contributed by atoms with Gasteiger partial charge < -0.3 is 19.5 Å². The van der Waals surface area contributed by atoms with Crippen molar-refractivity contribution in [2.24, 2.45) is 0 Å². The normalized spacial score (nSPS) is 23.3. The number of rotatable bonds is 8. The van der Waals surface area contributed by atoms with Gasteiger partial charge in [-0.25, -0.2) is 4.31 Å². The lowest BCUT2D eigenvalue weighted by Gasteiger charge is -2.22. The van der Waals surface area contributed by atoms with E-state index in [0.717, 1.165) is 47.6 Å². The number of benzene rings is 2. The molecular formula is C26H34N2O4S. The molecule has 2 aromatic carbocycles. The maximum Gasteiger partial charge on any atom is 0.254 e. The van der Waals surface area contributed by atoms with Crippen molar-refractivity contribution in [3.63, 3.8) is 0 Å². The van der Waals surface area contributed by atoms with Crippen LogP contribution in [0.2, 0.25) is 0 Å². The highest BCUT2D eigenvalue weighted by Crippen LogP contribution is 2.29. The summed E-state index contributed by atoms with van der Waals surface area (Å²) < 4.78 is 14.3. The van der Waals surface area contributed by atoms with Crippen LogP contribution in [0.1, 0.15) is 39.9 Å². The first-order valence-electron chi connectivity index (χ1n) is 11.6. The molecule has 1 amide bonds. The average molecular weight is 471 g/mol. The Hall–Kier alpha value is -2.06. The Balaban J connectivity index is 1.39. The van der Waals surface area contributed by atoms with Crippen LogP contribution in [0.25, 0.3) is 0 Å². The molecule has 2 aliphatic heterocycles. The third-order valence-corrected chi connectivity index (χ3v) is 7.82. The number of ether oxygens (including phenoxy) is 2. The number of methoxy groups -OCH3 is 1. The lowest BCUT2D eigenvalue weighted by Crippen LogP contribution is -2.32. The number of aliphatic hydroxyl groups excluding tert-OH is 1. The van der Waals surface area contributed by atoms with E-state index >= 15 is 0 Å². The molecule has 33 heavy (non-hydrogen) atoms. The van der Waals surface area contributed by atoms with Gasteiger partial charge in [0, 0.05) is 31.0 Å². The summed E-state index contributed by atoms with van der Waals surface area (Å²) in [6.45, 7) is 6.22. The minimum absolute atomic E-state index is 0.0264. The highest BCUT2D eigenvalue weighted by molar-refractivity contribution is 7.96. The Kier molecular flexibility index (Phi) is 7.96. The van der Waals surface area contributed by atoms with Crippen molar-refractivity contribution >= 4 is 17.9 Å². The smallest absolute Gasteiger partial charge is 0.254 e. The molecule has 3 unspecified atom stereocenters. The fourth-order valence-corrected chi connectivity index (χ4v) is 5.72. The van der Waals surface area contributed by atoms with Gasteiger partial charge in [-0.15, -0.1) is 0 Å². The van der Waals surface area contributed by atoms with Crippen molar-refractivity contribution < 1.29 is 19.4 Å². The fourth-order valence-electron chi connectivity index (χ4n) is 4.59. The van der Waals surface area contributed by atoms with Crippen LogP contribution >= 0.6 is 11.9 Å². The van der Waals surface area contributed by atoms with Crippen molar-refractivity contribution in [1.82, 2.24) is 9.21 Å². The molecule has 2 saturated heterocycles. The predicted octanol–water partition coefficient (Wildman–Crippen LogP) is 3.83. The fraction of sp³-hybridized carbons (Fsp3) is 0.500. The molecule has 0 aliphatic carbocycles. The minimum atomic E-state index is -0.218. The van der Waals surface area contributed by atoms with Crippen LogP contribution in [0.15, 0.2) is 42.5 Å². The summed E-state index contributed by atoms with van der Waals surface area (Å²) >= 11 is 1.77. The average Bonchev–Trinajstić information content (AvgIpc) is 3.45. The van der Waals surface area contributed by atoms with Crippen LogP contribution in [0.5, 0.6) is 5.75 Å². The molecular weight excluding hydrogens is 436 g/mol. The Labute approximate surface area is 201 Å². The third-order valence-electron chi connectivity index (χ3n) is 6.55. The SMILES string of the molecule is COC1CN(C(=O)c2cc(C)ccc2C)CC1Oc1cccc(CSN2CCCC2CO)c1. The molecule has 2 aliphatic rings. The molecule has 4 rings (SSSR count). The number of aliphatic hydroxyl groups is 1. The van der Waals surface area contributed by atoms with E-state index < -0.39 is 0 Å². The van der Waals surface area contributed by atoms with Crippen LogP contribution in [-0.2, 0) is 10.5 Å². The molecule has 7 heteroatoms. The number of hydrogen-bond donors (Lipinski definition) is 1. The zero-order valence-corrected chi connectivity index (χ0v) is 20.5. The molecule has 2 aromatic rings. The maximum atomic E-state index is 13.2. The summed E-state index contributed by atoms with van der Waals surface area (Å²) in [7, 11) is 1.67. The van der Waals surface area contributed by atoms with Gasteiger partial charge in [-0.1, -0.05) is 41.8 Å². The van der Waals surface area contributed by atoms with Gasteiger partial charge in [0.2, 0.25) is 0 Å². The number of hydrogen-bond acceptors (Lipinski definition) is 6. The van der Waals surface area contributed by atoms with Crippen LogP contribution in [0.4, 0.5) is 0 Å². The number of carbonyl (C=O) groups is 1. The molecule has 0 spiro atoms. The number of nitrogens with zero attached hydrogens (tertiary/aromatic N) is 2. The molecule has 6 nitrogen and oxygen atoms in total. The molecule has 1 N–H and O–H groups in total. The Morgan fingerprint density at radius 3 is 2.76 bits per heavy atom. The first kappa shape index (κ1) is 24.1. The van der Waals surface area contributed by atoms with Crippen molar-refractivity contribution in [2.75, 3.05) is 33.4 Å². The largest absolute Gasteiger partial charge is 0.486 e. The van der Waals surface area contributed by atoms with E-state index in [1.807, 2.05) is 49.1 Å². The van der Waals surface area contributed by atoms with Crippen molar-refractivity contribution in [2.45, 2.75) is 50.7 Å². The van der Waals surface area contributed by atoms with Crippen molar-refractivity contribution in [1.29, 1.82) is 0 Å². The number of likely N-dealkylation sites (tertiary alicyclic amines) is 1. The zero-order chi connectivity index (χ0) is 23.4. The summed E-state index contributed by atoms with van der Waals surface area (Å²) in [5.41, 5.74) is 3.98. The molecule has 0 aromatic heterocycles. The zero-order valence-electron chi connectivity index (χ0n) is 19.7. The Morgan fingerprint density at radius 1 is 1.15 bits per heavy atom. The Bertz CT molecular complexity index is 969. The highest BCUT2D eigenvalue weighted by Gasteiger charge is 2.37. The van der Waals surface area contributed by atoms with Crippen LogP contribution in [0.3, 0.4) is 0 Å². The lowest BCUT2D eigenvalue weighted by molar-refractivity contribution is 0.0339. The number of amides is 1. The highest BCUT2D eigenvalue weighted by atomic mass is 32.2. The molecule has 2 heterocycles. The van der Waals surface area contributed by atoms with E-state index in [-0.39, 0.29) is 30.8 Å². The van der Waals surface area contributed by atoms with Crippen molar-refractivity contribution in [3.05, 3.63) is 64.7 Å². The van der Waals surface area contributed by atoms with E-state index in [2.05, 4.69) is 16.4 Å². The van der Waals surface area contributed by atoms with Crippen LogP contribution < -0.4 is 4.74 Å². The van der Waals surface area contributed by atoms with Gasteiger partial charge in [0.1, 0.15) is 18.0 Å². The molecule has 3 atom stereocenters. The first-order valence-corrected chi connectivity index (χ1v) is 12.6. The van der Waals surface area contributed by atoms with E-state index in [1.54, 1.807) is 19.1 Å².